The number of carbonyl (C=O) groups excluding carboxylic acids is 2. The molecule has 1 aromatic carbocycles. The number of hydrogen-bond donors (Lipinski definition) is 1. The molecule has 2 fully saturated rings. The second-order valence-corrected chi connectivity index (χ2v) is 10.2. The van der Waals surface area contributed by atoms with Crippen LogP contribution in [0, 0.1) is 11.3 Å². The molecule has 1 aromatic heterocycles. The molecule has 1 N–H and O–H groups in total. The summed E-state index contributed by atoms with van der Waals surface area (Å²) < 4.78 is 44.6. The first-order valence-electron chi connectivity index (χ1n) is 12.2. The van der Waals surface area contributed by atoms with Crippen LogP contribution in [-0.2, 0) is 28.9 Å². The van der Waals surface area contributed by atoms with Gasteiger partial charge >= 0.3 is 6.18 Å². The van der Waals surface area contributed by atoms with E-state index in [1.807, 2.05) is 18.2 Å². The van der Waals surface area contributed by atoms with Gasteiger partial charge in [0, 0.05) is 39.1 Å². The van der Waals surface area contributed by atoms with Crippen molar-refractivity contribution >= 4 is 17.5 Å². The minimum Gasteiger partial charge on any atom is -0.482 e. The van der Waals surface area contributed by atoms with Crippen molar-refractivity contribution in [3.63, 3.8) is 0 Å². The molecule has 0 radical (unpaired) electrons. The minimum absolute atomic E-state index is 0.00730. The van der Waals surface area contributed by atoms with Crippen LogP contribution in [0.25, 0.3) is 0 Å². The van der Waals surface area contributed by atoms with Crippen LogP contribution in [0.15, 0.2) is 36.7 Å². The summed E-state index contributed by atoms with van der Waals surface area (Å²) in [5, 5.41) is 2.90. The Morgan fingerprint density at radius 3 is 2.78 bits per heavy atom. The number of anilines is 1. The van der Waals surface area contributed by atoms with Crippen LogP contribution < -0.4 is 15.0 Å². The van der Waals surface area contributed by atoms with Crippen molar-refractivity contribution in [1.82, 2.24) is 15.2 Å². The van der Waals surface area contributed by atoms with Gasteiger partial charge < -0.3 is 15.0 Å². The summed E-state index contributed by atoms with van der Waals surface area (Å²) in [7, 11) is 1.73. The number of likely N-dealkylation sites (N-methyl/N-ethyl adjacent to an activating group) is 1. The van der Waals surface area contributed by atoms with E-state index in [1.165, 1.54) is 6.20 Å². The van der Waals surface area contributed by atoms with E-state index in [4.69, 9.17) is 4.74 Å². The van der Waals surface area contributed by atoms with Crippen LogP contribution in [0.1, 0.15) is 42.4 Å². The molecule has 36 heavy (non-hydrogen) atoms. The van der Waals surface area contributed by atoms with E-state index in [0.717, 1.165) is 49.3 Å². The summed E-state index contributed by atoms with van der Waals surface area (Å²) in [4.78, 5) is 32.9. The number of hydrogen-bond acceptors (Lipinski definition) is 5. The van der Waals surface area contributed by atoms with Gasteiger partial charge in [0.1, 0.15) is 5.75 Å². The maximum Gasteiger partial charge on any atom is 0.417 e. The number of ether oxygens (including phenoxy) is 1. The van der Waals surface area contributed by atoms with Gasteiger partial charge in [0.05, 0.1) is 16.7 Å². The Morgan fingerprint density at radius 1 is 1.22 bits per heavy atom. The average molecular weight is 503 g/mol. The molecule has 7 nitrogen and oxygen atoms in total. The SMILES string of the molecule is CN1C(=O)COc2ccc(CN3CCC(CC4CC4)(C(=O)NCc4cncc(C(F)(F)F)c4)C3)cc21. The number of aromatic nitrogens is 1. The molecule has 3 aliphatic rings. The average Bonchev–Trinajstić information content (AvgIpc) is 3.57. The predicted molar refractivity (Wildman–Crippen MR) is 126 cm³/mol. The second kappa shape index (κ2) is 9.38. The highest BCUT2D eigenvalue weighted by Crippen LogP contribution is 2.46. The lowest BCUT2D eigenvalue weighted by Gasteiger charge is -2.29. The number of likely N-dealkylation sites (tertiary alicyclic amines) is 1. The summed E-state index contributed by atoms with van der Waals surface area (Å²) in [6.07, 6.45) is 1.36. The Morgan fingerprint density at radius 2 is 2.03 bits per heavy atom. The molecule has 3 heterocycles. The van der Waals surface area contributed by atoms with Gasteiger partial charge in [0.15, 0.2) is 6.61 Å². The Labute approximate surface area is 207 Å². The van der Waals surface area contributed by atoms with Gasteiger partial charge in [-0.25, -0.2) is 0 Å². The lowest BCUT2D eigenvalue weighted by molar-refractivity contribution is -0.137. The second-order valence-electron chi connectivity index (χ2n) is 10.2. The van der Waals surface area contributed by atoms with Crippen LogP contribution in [0.3, 0.4) is 0 Å². The third-order valence-electron chi connectivity index (χ3n) is 7.38. The maximum atomic E-state index is 13.4. The molecule has 1 aliphatic carbocycles. The molecule has 2 aromatic rings. The van der Waals surface area contributed by atoms with Gasteiger partial charge in [-0.2, -0.15) is 13.2 Å². The third-order valence-corrected chi connectivity index (χ3v) is 7.38. The van der Waals surface area contributed by atoms with E-state index < -0.39 is 17.2 Å². The minimum atomic E-state index is -4.48. The van der Waals surface area contributed by atoms with Crippen LogP contribution in [0.4, 0.5) is 18.9 Å². The van der Waals surface area contributed by atoms with E-state index in [2.05, 4.69) is 15.2 Å². The molecule has 1 atom stereocenters. The van der Waals surface area contributed by atoms with Crippen LogP contribution in [0.5, 0.6) is 5.75 Å². The number of nitrogens with one attached hydrogen (secondary N) is 1. The molecular weight excluding hydrogens is 473 g/mol. The number of halogens is 3. The monoisotopic (exact) mass is 502 g/mol. The fourth-order valence-electron chi connectivity index (χ4n) is 5.20. The zero-order valence-electron chi connectivity index (χ0n) is 20.1. The predicted octanol–water partition coefficient (Wildman–Crippen LogP) is 3.76. The van der Waals surface area contributed by atoms with E-state index in [-0.39, 0.29) is 25.0 Å². The first kappa shape index (κ1) is 24.5. The van der Waals surface area contributed by atoms with Crippen LogP contribution >= 0.6 is 0 Å². The molecule has 2 amide bonds. The molecule has 10 heteroatoms. The van der Waals surface area contributed by atoms with Crippen LogP contribution in [-0.4, -0.2) is 48.4 Å². The van der Waals surface area contributed by atoms with Crippen molar-refractivity contribution < 1.29 is 27.5 Å². The van der Waals surface area contributed by atoms with Gasteiger partial charge in [-0.05, 0) is 54.6 Å². The summed E-state index contributed by atoms with van der Waals surface area (Å²) in [5.41, 5.74) is 0.692. The molecule has 1 saturated carbocycles. The molecular formula is C26H29F3N4O3. The van der Waals surface area contributed by atoms with Gasteiger partial charge in [-0.3, -0.25) is 19.5 Å². The first-order valence-corrected chi connectivity index (χ1v) is 12.2. The van der Waals surface area contributed by atoms with Gasteiger partial charge in [-0.15, -0.1) is 0 Å². The zero-order valence-corrected chi connectivity index (χ0v) is 20.1. The maximum absolute atomic E-state index is 13.4. The number of rotatable bonds is 7. The fraction of sp³-hybridized carbons (Fsp3) is 0.500. The lowest BCUT2D eigenvalue weighted by atomic mass is 9.80. The molecule has 1 saturated heterocycles. The van der Waals surface area contributed by atoms with Crippen molar-refractivity contribution in [3.05, 3.63) is 53.3 Å². The molecule has 0 spiro atoms. The number of nitrogens with zero attached hydrogens (tertiary/aromatic N) is 3. The number of carbonyl (C=O) groups is 2. The molecule has 0 bridgehead atoms. The summed E-state index contributed by atoms with van der Waals surface area (Å²) >= 11 is 0. The van der Waals surface area contributed by atoms with Crippen molar-refractivity contribution in [1.29, 1.82) is 0 Å². The van der Waals surface area contributed by atoms with E-state index in [0.29, 0.717) is 36.7 Å². The highest BCUT2D eigenvalue weighted by Gasteiger charge is 2.47. The van der Waals surface area contributed by atoms with Crippen molar-refractivity contribution in [3.8, 4) is 5.75 Å². The van der Waals surface area contributed by atoms with E-state index in [1.54, 1.807) is 11.9 Å². The van der Waals surface area contributed by atoms with Gasteiger partial charge in [0.25, 0.3) is 5.91 Å². The Balaban J connectivity index is 1.26. The standard InChI is InChI=1S/C26H29F3N4O3/c1-32-21-9-18(4-5-22(21)36-15-23(32)34)14-33-7-6-25(16-33,10-17-2-3-17)24(35)31-12-19-8-20(13-30-11-19)26(27,28)29/h4-5,8-9,11,13,17H,2-3,6-7,10,12,14-16H2,1H3,(H,31,35). The fourth-order valence-corrected chi connectivity index (χ4v) is 5.20. The first-order chi connectivity index (χ1) is 17.1. The molecule has 1 unspecified atom stereocenters. The number of fused-ring (bicyclic) bond motifs is 1. The quantitative estimate of drug-likeness (QED) is 0.624. The summed E-state index contributed by atoms with van der Waals surface area (Å²) in [5.74, 6) is 0.982. The highest BCUT2D eigenvalue weighted by atomic mass is 19.4. The number of alkyl halides is 3. The number of pyridine rings is 1. The van der Waals surface area contributed by atoms with E-state index in [9.17, 15) is 22.8 Å². The van der Waals surface area contributed by atoms with Crippen molar-refractivity contribution in [2.75, 3.05) is 31.6 Å². The van der Waals surface area contributed by atoms with E-state index >= 15 is 0 Å². The number of amides is 2. The number of benzene rings is 1. The largest absolute Gasteiger partial charge is 0.482 e. The smallest absolute Gasteiger partial charge is 0.417 e. The topological polar surface area (TPSA) is 74.8 Å². The van der Waals surface area contributed by atoms with Crippen LogP contribution in [0.2, 0.25) is 0 Å². The van der Waals surface area contributed by atoms with Gasteiger partial charge in [-0.1, -0.05) is 18.9 Å². The Bertz CT molecular complexity index is 1170. The van der Waals surface area contributed by atoms with Gasteiger partial charge in [0.2, 0.25) is 5.91 Å². The lowest BCUT2D eigenvalue weighted by Crippen LogP contribution is -2.43. The van der Waals surface area contributed by atoms with Crippen molar-refractivity contribution in [2.24, 2.45) is 11.3 Å². The van der Waals surface area contributed by atoms with Crippen molar-refractivity contribution in [2.45, 2.75) is 44.9 Å². The molecule has 2 aliphatic heterocycles. The summed E-state index contributed by atoms with van der Waals surface area (Å²) in [6.45, 7) is 2.00. The molecule has 192 valence electrons. The Hall–Kier alpha value is -3.14. The zero-order chi connectivity index (χ0) is 25.5. The third kappa shape index (κ3) is 5.18. The normalized spacial score (nSPS) is 22.3. The molecule has 5 rings (SSSR count). The Kier molecular flexibility index (Phi) is 6.40. The highest BCUT2D eigenvalue weighted by molar-refractivity contribution is 5.97. The summed E-state index contributed by atoms with van der Waals surface area (Å²) in [6, 6.07) is 6.83.